The van der Waals surface area contributed by atoms with Crippen molar-refractivity contribution in [1.29, 1.82) is 0 Å². The molecule has 2 heterocycles. The monoisotopic (exact) mass is 454 g/mol. The Bertz CT molecular complexity index is 1110. The highest BCUT2D eigenvalue weighted by molar-refractivity contribution is 9.10. The lowest BCUT2D eigenvalue weighted by Crippen LogP contribution is -2.42. The van der Waals surface area contributed by atoms with E-state index >= 15 is 0 Å². The Morgan fingerprint density at radius 3 is 2.64 bits per heavy atom. The Hall–Kier alpha value is -2.27. The van der Waals surface area contributed by atoms with Gasteiger partial charge in [0, 0.05) is 21.7 Å². The van der Waals surface area contributed by atoms with Crippen LogP contribution >= 0.6 is 27.5 Å². The van der Waals surface area contributed by atoms with E-state index in [9.17, 15) is 0 Å². The number of methoxy groups -OCH3 is 1. The highest BCUT2D eigenvalue weighted by Gasteiger charge is 2.47. The second-order valence-electron chi connectivity index (χ2n) is 6.76. The van der Waals surface area contributed by atoms with Crippen LogP contribution in [0.1, 0.15) is 22.3 Å². The van der Waals surface area contributed by atoms with E-state index in [-0.39, 0.29) is 0 Å². The molecule has 0 saturated carbocycles. The molecule has 5 heteroatoms. The molecule has 0 aromatic heterocycles. The molecule has 0 fully saturated rings. The van der Waals surface area contributed by atoms with Gasteiger partial charge in [0.25, 0.3) is 5.79 Å². The predicted molar refractivity (Wildman–Crippen MR) is 114 cm³/mol. The fraction of sp³-hybridized carbons (Fsp3) is 0.130. The van der Waals surface area contributed by atoms with Crippen molar-refractivity contribution in [3.8, 4) is 11.5 Å². The van der Waals surface area contributed by atoms with Crippen LogP contribution in [0.5, 0.6) is 11.5 Å². The number of ether oxygens (including phenoxy) is 3. The van der Waals surface area contributed by atoms with E-state index in [0.717, 1.165) is 38.0 Å². The third-order valence-corrected chi connectivity index (χ3v) is 5.95. The van der Waals surface area contributed by atoms with E-state index in [1.807, 2.05) is 48.5 Å². The SMILES string of the molecule is COc1ccc(C23OCc4ccccc4C2=Cc2cc(Cl)cc(Br)c2O3)cc1. The van der Waals surface area contributed by atoms with E-state index in [4.69, 9.17) is 25.8 Å². The molecule has 3 aromatic carbocycles. The number of rotatable bonds is 2. The lowest BCUT2D eigenvalue weighted by atomic mass is 9.84. The molecule has 0 radical (unpaired) electrons. The molecule has 1 atom stereocenters. The van der Waals surface area contributed by atoms with Gasteiger partial charge in [-0.05, 0) is 69.5 Å². The molecule has 0 aliphatic carbocycles. The van der Waals surface area contributed by atoms with Crippen LogP contribution in [-0.2, 0) is 17.1 Å². The lowest BCUT2D eigenvalue weighted by Gasteiger charge is -2.43. The molecule has 0 saturated heterocycles. The maximum Gasteiger partial charge on any atom is 0.265 e. The van der Waals surface area contributed by atoms with Crippen LogP contribution in [-0.4, -0.2) is 7.11 Å². The molecule has 0 N–H and O–H groups in total. The van der Waals surface area contributed by atoms with Gasteiger partial charge in [0.1, 0.15) is 11.5 Å². The molecule has 3 nitrogen and oxygen atoms in total. The molecule has 0 amide bonds. The summed E-state index contributed by atoms with van der Waals surface area (Å²) in [5, 5.41) is 0.646. The first-order valence-corrected chi connectivity index (χ1v) is 10.0. The van der Waals surface area contributed by atoms with Crippen molar-refractivity contribution in [3.05, 3.63) is 92.4 Å². The van der Waals surface area contributed by atoms with Crippen LogP contribution in [0.2, 0.25) is 5.02 Å². The van der Waals surface area contributed by atoms with E-state index in [1.54, 1.807) is 7.11 Å². The van der Waals surface area contributed by atoms with Crippen molar-refractivity contribution in [2.45, 2.75) is 12.4 Å². The summed E-state index contributed by atoms with van der Waals surface area (Å²) < 4.78 is 19.1. The molecule has 3 aromatic rings. The van der Waals surface area contributed by atoms with E-state index in [2.05, 4.69) is 34.1 Å². The third kappa shape index (κ3) is 2.67. The normalized spacial score (nSPS) is 19.6. The zero-order chi connectivity index (χ0) is 19.3. The molecule has 1 unspecified atom stereocenters. The lowest BCUT2D eigenvalue weighted by molar-refractivity contribution is -0.160. The summed E-state index contributed by atoms with van der Waals surface area (Å²) in [5.74, 6) is 0.457. The Balaban J connectivity index is 1.77. The van der Waals surface area contributed by atoms with Crippen LogP contribution in [0, 0.1) is 0 Å². The quantitative estimate of drug-likeness (QED) is 0.446. The van der Waals surface area contributed by atoms with E-state index in [1.165, 1.54) is 0 Å². The highest BCUT2D eigenvalue weighted by Crippen LogP contribution is 2.53. The van der Waals surface area contributed by atoms with Crippen LogP contribution < -0.4 is 9.47 Å². The average molecular weight is 456 g/mol. The molecule has 2 aliphatic rings. The topological polar surface area (TPSA) is 27.7 Å². The van der Waals surface area contributed by atoms with Gasteiger partial charge in [-0.2, -0.15) is 0 Å². The minimum atomic E-state index is -1.04. The van der Waals surface area contributed by atoms with Gasteiger partial charge in [0.2, 0.25) is 0 Å². The largest absolute Gasteiger partial charge is 0.497 e. The van der Waals surface area contributed by atoms with Crippen molar-refractivity contribution < 1.29 is 14.2 Å². The first kappa shape index (κ1) is 17.8. The molecule has 0 spiro atoms. The maximum absolute atomic E-state index is 6.59. The summed E-state index contributed by atoms with van der Waals surface area (Å²) in [4.78, 5) is 0. The van der Waals surface area contributed by atoms with Gasteiger partial charge < -0.3 is 14.2 Å². The zero-order valence-electron chi connectivity index (χ0n) is 15.0. The Morgan fingerprint density at radius 1 is 1.07 bits per heavy atom. The number of hydrogen-bond donors (Lipinski definition) is 0. The average Bonchev–Trinajstić information content (AvgIpc) is 2.72. The Labute approximate surface area is 176 Å². The molecule has 5 rings (SSSR count). The van der Waals surface area contributed by atoms with Crippen molar-refractivity contribution in [2.75, 3.05) is 7.11 Å². The van der Waals surface area contributed by atoms with Gasteiger partial charge in [-0.1, -0.05) is 35.9 Å². The summed E-state index contributed by atoms with van der Waals surface area (Å²) in [6.07, 6.45) is 2.11. The molecule has 0 bridgehead atoms. The molecule has 140 valence electrons. The fourth-order valence-electron chi connectivity index (χ4n) is 3.80. The summed E-state index contributed by atoms with van der Waals surface area (Å²) in [6, 6.07) is 19.8. The van der Waals surface area contributed by atoms with Gasteiger partial charge in [-0.3, -0.25) is 0 Å². The van der Waals surface area contributed by atoms with Crippen molar-refractivity contribution in [1.82, 2.24) is 0 Å². The first-order chi connectivity index (χ1) is 13.6. The summed E-state index contributed by atoms with van der Waals surface area (Å²) in [7, 11) is 1.65. The Kier molecular flexibility index (Phi) is 4.23. The van der Waals surface area contributed by atoms with Gasteiger partial charge in [0.05, 0.1) is 18.2 Å². The van der Waals surface area contributed by atoms with Crippen molar-refractivity contribution >= 4 is 39.2 Å². The second-order valence-corrected chi connectivity index (χ2v) is 8.05. The minimum absolute atomic E-state index is 0.458. The number of halogens is 2. The summed E-state index contributed by atoms with van der Waals surface area (Å²) in [5.41, 5.74) is 5.03. The van der Waals surface area contributed by atoms with Crippen molar-refractivity contribution in [2.24, 2.45) is 0 Å². The summed E-state index contributed by atoms with van der Waals surface area (Å²) in [6.45, 7) is 0.458. The van der Waals surface area contributed by atoms with Gasteiger partial charge in [-0.15, -0.1) is 0 Å². The zero-order valence-corrected chi connectivity index (χ0v) is 17.4. The highest BCUT2D eigenvalue weighted by atomic mass is 79.9. The molecule has 28 heavy (non-hydrogen) atoms. The fourth-order valence-corrected chi connectivity index (χ4v) is 4.72. The second kappa shape index (κ2) is 6.66. The van der Waals surface area contributed by atoms with Crippen LogP contribution in [0.25, 0.3) is 11.6 Å². The standard InChI is InChI=1S/C23H16BrClO3/c1-26-18-8-6-16(7-9-18)23-20(19-5-3-2-4-14(19)13-27-23)11-15-10-17(25)12-21(24)22(15)28-23/h2-12H,13H2,1H3. The maximum atomic E-state index is 6.59. The number of fused-ring (bicyclic) bond motifs is 4. The van der Waals surface area contributed by atoms with E-state index in [0.29, 0.717) is 17.4 Å². The predicted octanol–water partition coefficient (Wildman–Crippen LogP) is 6.43. The smallest absolute Gasteiger partial charge is 0.265 e. The Morgan fingerprint density at radius 2 is 1.86 bits per heavy atom. The molecular formula is C23H16BrClO3. The third-order valence-electron chi connectivity index (χ3n) is 5.15. The van der Waals surface area contributed by atoms with Gasteiger partial charge >= 0.3 is 0 Å². The summed E-state index contributed by atoms with van der Waals surface area (Å²) >= 11 is 9.87. The molecule has 2 aliphatic heterocycles. The van der Waals surface area contributed by atoms with Crippen LogP contribution in [0.3, 0.4) is 0 Å². The molecular weight excluding hydrogens is 440 g/mol. The van der Waals surface area contributed by atoms with E-state index < -0.39 is 5.79 Å². The van der Waals surface area contributed by atoms with Crippen LogP contribution in [0.4, 0.5) is 0 Å². The minimum Gasteiger partial charge on any atom is -0.497 e. The van der Waals surface area contributed by atoms with Crippen LogP contribution in [0.15, 0.2) is 65.1 Å². The number of hydrogen-bond acceptors (Lipinski definition) is 3. The number of benzene rings is 3. The van der Waals surface area contributed by atoms with Gasteiger partial charge in [-0.25, -0.2) is 0 Å². The van der Waals surface area contributed by atoms with Gasteiger partial charge in [0.15, 0.2) is 0 Å². The van der Waals surface area contributed by atoms with Crippen molar-refractivity contribution in [3.63, 3.8) is 0 Å². The first-order valence-electron chi connectivity index (χ1n) is 8.88.